The van der Waals surface area contributed by atoms with Gasteiger partial charge in [0.05, 0.1) is 29.2 Å². The molecule has 116 valence electrons. The summed E-state index contributed by atoms with van der Waals surface area (Å²) in [5.74, 6) is -3.03. The summed E-state index contributed by atoms with van der Waals surface area (Å²) < 4.78 is 30.6. The molecule has 0 amide bonds. The van der Waals surface area contributed by atoms with E-state index < -0.39 is 22.0 Å². The largest absolute Gasteiger partial charge is 0.478 e. The molecule has 0 heterocycles. The fourth-order valence-corrected chi connectivity index (χ4v) is 2.39. The van der Waals surface area contributed by atoms with Gasteiger partial charge in [-0.3, -0.25) is 4.72 Å². The van der Waals surface area contributed by atoms with Gasteiger partial charge in [-0.1, -0.05) is 0 Å². The van der Waals surface area contributed by atoms with E-state index in [9.17, 15) is 18.0 Å². The normalized spacial score (nSPS) is 11.1. The molecule has 0 saturated carbocycles. The van der Waals surface area contributed by atoms with Gasteiger partial charge in [-0.2, -0.15) is 0 Å². The van der Waals surface area contributed by atoms with Gasteiger partial charge >= 0.3 is 11.9 Å². The first-order valence-corrected chi connectivity index (χ1v) is 7.60. The number of hydrogen-bond donors (Lipinski definition) is 3. The third kappa shape index (κ3) is 5.40. The second-order valence-corrected chi connectivity index (χ2v) is 5.87. The van der Waals surface area contributed by atoms with Crippen LogP contribution < -0.4 is 4.72 Å². The number of rotatable bonds is 8. The van der Waals surface area contributed by atoms with E-state index in [-0.39, 0.29) is 29.2 Å². The Kier molecular flexibility index (Phi) is 5.68. The molecule has 0 aliphatic rings. The van der Waals surface area contributed by atoms with Crippen LogP contribution in [0.3, 0.4) is 0 Å². The highest BCUT2D eigenvalue weighted by Gasteiger charge is 2.15. The molecule has 9 heteroatoms. The summed E-state index contributed by atoms with van der Waals surface area (Å²) in [6, 6.07) is 3.04. The van der Waals surface area contributed by atoms with E-state index in [0.29, 0.717) is 6.61 Å². The smallest absolute Gasteiger partial charge is 0.335 e. The minimum Gasteiger partial charge on any atom is -0.478 e. The van der Waals surface area contributed by atoms with E-state index in [4.69, 9.17) is 14.9 Å². The lowest BCUT2D eigenvalue weighted by Gasteiger charge is -2.09. The maximum atomic E-state index is 11.8. The molecular weight excluding hydrogens is 302 g/mol. The third-order valence-electron chi connectivity index (χ3n) is 2.40. The van der Waals surface area contributed by atoms with Crippen molar-refractivity contribution in [2.75, 3.05) is 23.7 Å². The Morgan fingerprint density at radius 1 is 1.14 bits per heavy atom. The number of carboxylic acid groups (broad SMARTS) is 2. The summed E-state index contributed by atoms with van der Waals surface area (Å²) in [6.45, 7) is 2.07. The van der Waals surface area contributed by atoms with Crippen molar-refractivity contribution in [2.24, 2.45) is 0 Å². The monoisotopic (exact) mass is 317 g/mol. The number of carbonyl (C=O) groups is 2. The van der Waals surface area contributed by atoms with Gasteiger partial charge in [0.1, 0.15) is 0 Å². The number of benzene rings is 1. The minimum absolute atomic E-state index is 0.0176. The van der Waals surface area contributed by atoms with Gasteiger partial charge in [-0.15, -0.1) is 0 Å². The Morgan fingerprint density at radius 3 is 2.10 bits per heavy atom. The van der Waals surface area contributed by atoms with Gasteiger partial charge in [-0.25, -0.2) is 18.0 Å². The predicted octanol–water partition coefficient (Wildman–Crippen LogP) is 0.861. The van der Waals surface area contributed by atoms with Crippen LogP contribution >= 0.6 is 0 Å². The van der Waals surface area contributed by atoms with Gasteiger partial charge in [0.15, 0.2) is 0 Å². The average Bonchev–Trinajstić information content (AvgIpc) is 2.37. The molecule has 0 spiro atoms. The van der Waals surface area contributed by atoms with Crippen LogP contribution in [0, 0.1) is 0 Å². The molecule has 0 unspecified atom stereocenters. The van der Waals surface area contributed by atoms with E-state index in [0.717, 1.165) is 18.2 Å². The SMILES string of the molecule is CCOCCS(=O)(=O)Nc1cc(C(=O)O)cc(C(=O)O)c1. The molecule has 0 bridgehead atoms. The second kappa shape index (κ2) is 7.04. The lowest BCUT2D eigenvalue weighted by atomic mass is 10.1. The van der Waals surface area contributed by atoms with Gasteiger partial charge in [0.25, 0.3) is 0 Å². The second-order valence-electron chi connectivity index (χ2n) is 4.03. The molecule has 8 nitrogen and oxygen atoms in total. The number of anilines is 1. The Bertz CT molecular complexity index is 607. The fraction of sp³-hybridized carbons (Fsp3) is 0.333. The van der Waals surface area contributed by atoms with Crippen molar-refractivity contribution < 1.29 is 33.0 Å². The standard InChI is InChI=1S/C12H15NO7S/c1-2-20-3-4-21(18,19)13-10-6-8(11(14)15)5-9(7-10)12(16)17/h5-7,13H,2-4H2,1H3,(H,14,15)(H,16,17). The maximum Gasteiger partial charge on any atom is 0.335 e. The Labute approximate surface area is 121 Å². The fourth-order valence-electron chi connectivity index (χ4n) is 1.48. The summed E-state index contributed by atoms with van der Waals surface area (Å²) in [7, 11) is -3.75. The zero-order valence-corrected chi connectivity index (χ0v) is 12.0. The Hall–Kier alpha value is -2.13. The van der Waals surface area contributed by atoms with Gasteiger partial charge < -0.3 is 14.9 Å². The number of sulfonamides is 1. The first kappa shape index (κ1) is 16.9. The minimum atomic E-state index is -3.75. The number of hydrogen-bond acceptors (Lipinski definition) is 5. The first-order chi connectivity index (χ1) is 9.75. The van der Waals surface area contributed by atoms with Crippen molar-refractivity contribution in [3.63, 3.8) is 0 Å². The number of nitrogens with one attached hydrogen (secondary N) is 1. The molecular formula is C12H15NO7S. The summed E-state index contributed by atoms with van der Waals surface area (Å²) in [5.41, 5.74) is -0.765. The quantitative estimate of drug-likeness (QED) is 0.606. The van der Waals surface area contributed by atoms with Crippen molar-refractivity contribution in [3.8, 4) is 0 Å². The molecule has 21 heavy (non-hydrogen) atoms. The van der Waals surface area contributed by atoms with Crippen molar-refractivity contribution in [2.45, 2.75) is 6.92 Å². The first-order valence-electron chi connectivity index (χ1n) is 5.95. The van der Waals surface area contributed by atoms with Crippen LogP contribution in [0.15, 0.2) is 18.2 Å². The van der Waals surface area contributed by atoms with Gasteiger partial charge in [-0.05, 0) is 25.1 Å². The van der Waals surface area contributed by atoms with Gasteiger partial charge in [0, 0.05) is 6.61 Å². The molecule has 1 aromatic rings. The van der Waals surface area contributed by atoms with Crippen molar-refractivity contribution in [1.82, 2.24) is 0 Å². The lowest BCUT2D eigenvalue weighted by Crippen LogP contribution is -2.20. The zero-order chi connectivity index (χ0) is 16.0. The molecule has 1 aromatic carbocycles. The number of carboxylic acids is 2. The van der Waals surface area contributed by atoms with E-state index in [1.165, 1.54) is 0 Å². The van der Waals surface area contributed by atoms with Crippen LogP contribution in [-0.2, 0) is 14.8 Å². The van der Waals surface area contributed by atoms with Crippen LogP contribution in [0.2, 0.25) is 0 Å². The summed E-state index contributed by atoms with van der Waals surface area (Å²) in [6.07, 6.45) is 0. The van der Waals surface area contributed by atoms with Crippen LogP contribution in [0.5, 0.6) is 0 Å². The molecule has 0 radical (unpaired) electrons. The van der Waals surface area contributed by atoms with E-state index in [2.05, 4.69) is 4.72 Å². The van der Waals surface area contributed by atoms with E-state index in [1.807, 2.05) is 0 Å². The topological polar surface area (TPSA) is 130 Å². The van der Waals surface area contributed by atoms with Crippen molar-refractivity contribution in [1.29, 1.82) is 0 Å². The van der Waals surface area contributed by atoms with Crippen LogP contribution in [0.25, 0.3) is 0 Å². The van der Waals surface area contributed by atoms with E-state index >= 15 is 0 Å². The lowest BCUT2D eigenvalue weighted by molar-refractivity contribution is 0.0696. The summed E-state index contributed by atoms with van der Waals surface area (Å²) in [5, 5.41) is 17.8. The van der Waals surface area contributed by atoms with Crippen LogP contribution in [-0.4, -0.2) is 49.5 Å². The molecule has 1 rings (SSSR count). The summed E-state index contributed by atoms with van der Waals surface area (Å²) in [4.78, 5) is 21.8. The highest BCUT2D eigenvalue weighted by atomic mass is 32.2. The average molecular weight is 317 g/mol. The van der Waals surface area contributed by atoms with Crippen LogP contribution in [0.1, 0.15) is 27.6 Å². The highest BCUT2D eigenvalue weighted by Crippen LogP contribution is 2.17. The third-order valence-corrected chi connectivity index (χ3v) is 3.65. The molecule has 3 N–H and O–H groups in total. The predicted molar refractivity (Wildman–Crippen MR) is 74.3 cm³/mol. The Morgan fingerprint density at radius 2 is 1.67 bits per heavy atom. The number of ether oxygens (including phenoxy) is 1. The molecule has 0 saturated heterocycles. The van der Waals surface area contributed by atoms with E-state index in [1.54, 1.807) is 6.92 Å². The molecule has 0 aromatic heterocycles. The van der Waals surface area contributed by atoms with Crippen molar-refractivity contribution in [3.05, 3.63) is 29.3 Å². The summed E-state index contributed by atoms with van der Waals surface area (Å²) >= 11 is 0. The zero-order valence-electron chi connectivity index (χ0n) is 11.2. The molecule has 0 fully saturated rings. The number of aromatic carboxylic acids is 2. The highest BCUT2D eigenvalue weighted by molar-refractivity contribution is 7.92. The molecule has 0 aliphatic carbocycles. The van der Waals surface area contributed by atoms with Crippen molar-refractivity contribution >= 4 is 27.6 Å². The van der Waals surface area contributed by atoms with Crippen LogP contribution in [0.4, 0.5) is 5.69 Å². The van der Waals surface area contributed by atoms with Gasteiger partial charge in [0.2, 0.25) is 10.0 Å². The molecule has 0 atom stereocenters. The maximum absolute atomic E-state index is 11.8. The molecule has 0 aliphatic heterocycles. The Balaban J connectivity index is 3.02.